The fourth-order valence-electron chi connectivity index (χ4n) is 5.50. The number of amides is 1. The van der Waals surface area contributed by atoms with E-state index in [2.05, 4.69) is 14.9 Å². The molecule has 1 amide bonds. The Kier molecular flexibility index (Phi) is 6.28. The summed E-state index contributed by atoms with van der Waals surface area (Å²) in [6, 6.07) is 11.3. The molecule has 3 N–H and O–H groups in total. The van der Waals surface area contributed by atoms with Crippen molar-refractivity contribution < 1.29 is 4.79 Å². The molecule has 0 aliphatic carbocycles. The van der Waals surface area contributed by atoms with Gasteiger partial charge in [-0.3, -0.25) is 19.2 Å². The number of carbonyl (C=O) groups excluding carboxylic acids is 1. The quantitative estimate of drug-likeness (QED) is 0.624. The van der Waals surface area contributed by atoms with Gasteiger partial charge in [-0.15, -0.1) is 0 Å². The molecule has 4 heterocycles. The first-order valence-corrected chi connectivity index (χ1v) is 12.0. The molecule has 2 aliphatic heterocycles. The highest BCUT2D eigenvalue weighted by molar-refractivity contribution is 5.82. The van der Waals surface area contributed by atoms with Gasteiger partial charge < -0.3 is 15.6 Å². The van der Waals surface area contributed by atoms with Crippen molar-refractivity contribution in [1.82, 2.24) is 24.3 Å². The number of pyridine rings is 1. The fraction of sp³-hybridized carbons (Fsp3) is 0.480. The molecule has 2 aliphatic rings. The van der Waals surface area contributed by atoms with E-state index in [1.165, 1.54) is 0 Å². The molecule has 1 aromatic carbocycles. The lowest BCUT2D eigenvalue weighted by Crippen LogP contribution is -2.58. The van der Waals surface area contributed by atoms with Crippen LogP contribution in [0.1, 0.15) is 43.7 Å². The molecule has 33 heavy (non-hydrogen) atoms. The van der Waals surface area contributed by atoms with E-state index in [-0.39, 0.29) is 23.8 Å². The zero-order chi connectivity index (χ0) is 22.8. The Balaban J connectivity index is 1.26. The van der Waals surface area contributed by atoms with Crippen LogP contribution in [-0.4, -0.2) is 62.1 Å². The molecule has 2 fully saturated rings. The fourth-order valence-corrected chi connectivity index (χ4v) is 5.50. The SMILES string of the molecule is N[C@@H](Cc1cccnc1)C(=O)N1CCCCC1N1CCC(n2c(=O)[nH]c3ccccc32)CC1. The molecule has 8 heteroatoms. The van der Waals surface area contributed by atoms with Crippen LogP contribution in [0.4, 0.5) is 0 Å². The van der Waals surface area contributed by atoms with Gasteiger partial charge in [-0.25, -0.2) is 4.79 Å². The van der Waals surface area contributed by atoms with Crippen LogP contribution < -0.4 is 11.4 Å². The van der Waals surface area contributed by atoms with Crippen molar-refractivity contribution in [2.24, 2.45) is 5.73 Å². The zero-order valence-corrected chi connectivity index (χ0v) is 18.9. The Morgan fingerprint density at radius 3 is 2.70 bits per heavy atom. The number of hydrogen-bond donors (Lipinski definition) is 2. The van der Waals surface area contributed by atoms with Crippen LogP contribution in [-0.2, 0) is 11.2 Å². The van der Waals surface area contributed by atoms with E-state index in [0.29, 0.717) is 6.42 Å². The van der Waals surface area contributed by atoms with Gasteiger partial charge in [0.05, 0.1) is 23.2 Å². The molecule has 0 saturated carbocycles. The van der Waals surface area contributed by atoms with Gasteiger partial charge in [0, 0.05) is 38.1 Å². The van der Waals surface area contributed by atoms with Crippen LogP contribution in [0.3, 0.4) is 0 Å². The molecule has 174 valence electrons. The van der Waals surface area contributed by atoms with Crippen LogP contribution in [0.2, 0.25) is 0 Å². The summed E-state index contributed by atoms with van der Waals surface area (Å²) >= 11 is 0. The van der Waals surface area contributed by atoms with Gasteiger partial charge in [0.2, 0.25) is 5.91 Å². The number of nitrogens with zero attached hydrogens (tertiary/aromatic N) is 4. The third-order valence-corrected chi connectivity index (χ3v) is 7.16. The van der Waals surface area contributed by atoms with Crippen molar-refractivity contribution in [3.63, 3.8) is 0 Å². The monoisotopic (exact) mass is 448 g/mol. The highest BCUT2D eigenvalue weighted by Crippen LogP contribution is 2.29. The van der Waals surface area contributed by atoms with Gasteiger partial charge in [0.15, 0.2) is 0 Å². The molecule has 0 bridgehead atoms. The lowest BCUT2D eigenvalue weighted by molar-refractivity contribution is -0.142. The number of H-pyrrole nitrogens is 1. The van der Waals surface area contributed by atoms with Crippen molar-refractivity contribution >= 4 is 16.9 Å². The van der Waals surface area contributed by atoms with Gasteiger partial charge in [0.1, 0.15) is 0 Å². The Hall–Kier alpha value is -2.97. The topological polar surface area (TPSA) is 100 Å². The van der Waals surface area contributed by atoms with Gasteiger partial charge in [-0.1, -0.05) is 18.2 Å². The minimum Gasteiger partial charge on any atom is -0.326 e. The second-order valence-electron chi connectivity index (χ2n) is 9.26. The number of imidazole rings is 1. The Labute approximate surface area is 193 Å². The predicted molar refractivity (Wildman–Crippen MR) is 128 cm³/mol. The second-order valence-corrected chi connectivity index (χ2v) is 9.26. The van der Waals surface area contributed by atoms with Crippen molar-refractivity contribution in [3.05, 3.63) is 64.8 Å². The van der Waals surface area contributed by atoms with E-state index in [9.17, 15) is 9.59 Å². The Bertz CT molecular complexity index is 1150. The normalized spacial score (nSPS) is 21.4. The van der Waals surface area contributed by atoms with E-state index in [4.69, 9.17) is 5.73 Å². The van der Waals surface area contributed by atoms with Gasteiger partial charge >= 0.3 is 5.69 Å². The number of hydrogen-bond acceptors (Lipinski definition) is 5. The van der Waals surface area contributed by atoms with Crippen LogP contribution in [0.5, 0.6) is 0 Å². The number of aromatic nitrogens is 3. The summed E-state index contributed by atoms with van der Waals surface area (Å²) in [5.74, 6) is 0.0264. The minimum absolute atomic E-state index is 0.0264. The highest BCUT2D eigenvalue weighted by atomic mass is 16.2. The molecule has 8 nitrogen and oxygen atoms in total. The zero-order valence-electron chi connectivity index (χ0n) is 18.9. The first kappa shape index (κ1) is 21.9. The maximum Gasteiger partial charge on any atom is 0.326 e. The summed E-state index contributed by atoms with van der Waals surface area (Å²) in [4.78, 5) is 37.4. The smallest absolute Gasteiger partial charge is 0.326 e. The largest absolute Gasteiger partial charge is 0.326 e. The van der Waals surface area contributed by atoms with E-state index < -0.39 is 6.04 Å². The number of likely N-dealkylation sites (tertiary alicyclic amines) is 2. The van der Waals surface area contributed by atoms with Crippen molar-refractivity contribution in [2.45, 2.75) is 56.8 Å². The molecule has 2 aromatic heterocycles. The van der Waals surface area contributed by atoms with E-state index in [0.717, 1.165) is 68.3 Å². The van der Waals surface area contributed by atoms with Crippen LogP contribution in [0, 0.1) is 0 Å². The van der Waals surface area contributed by atoms with Crippen LogP contribution in [0.25, 0.3) is 11.0 Å². The Morgan fingerprint density at radius 2 is 1.91 bits per heavy atom. The van der Waals surface area contributed by atoms with E-state index in [1.807, 2.05) is 45.9 Å². The van der Waals surface area contributed by atoms with E-state index >= 15 is 0 Å². The van der Waals surface area contributed by atoms with Crippen LogP contribution in [0.15, 0.2) is 53.6 Å². The van der Waals surface area contributed by atoms with Crippen molar-refractivity contribution in [3.8, 4) is 0 Å². The first-order chi connectivity index (χ1) is 16.1. The third-order valence-electron chi connectivity index (χ3n) is 7.16. The average Bonchev–Trinajstić information content (AvgIpc) is 3.20. The number of aromatic amines is 1. The molecule has 3 aromatic rings. The Morgan fingerprint density at radius 1 is 1.09 bits per heavy atom. The summed E-state index contributed by atoms with van der Waals surface area (Å²) < 4.78 is 1.92. The summed E-state index contributed by atoms with van der Waals surface area (Å²) in [6.07, 6.45) is 8.99. The maximum atomic E-state index is 13.3. The number of fused-ring (bicyclic) bond motifs is 1. The molecule has 2 saturated heterocycles. The molecule has 1 unspecified atom stereocenters. The molecule has 0 radical (unpaired) electrons. The third kappa shape index (κ3) is 4.45. The van der Waals surface area contributed by atoms with Crippen molar-refractivity contribution in [1.29, 1.82) is 0 Å². The summed E-state index contributed by atoms with van der Waals surface area (Å²) in [7, 11) is 0. The molecule has 0 spiro atoms. The standard InChI is InChI=1S/C25H32N6O2/c26-20(16-18-6-5-12-27-17-18)24(32)30-13-4-3-9-23(30)29-14-10-19(11-15-29)31-22-8-2-1-7-21(22)28-25(31)33/h1-2,5-8,12,17,19-20,23H,3-4,9-11,13-16,26H2,(H,28,33)/t20-,23?/m0/s1. The average molecular weight is 449 g/mol. The molecule has 5 rings (SSSR count). The summed E-state index contributed by atoms with van der Waals surface area (Å²) in [6.45, 7) is 2.48. The van der Waals surface area contributed by atoms with Gasteiger partial charge in [-0.05, 0) is 62.3 Å². The first-order valence-electron chi connectivity index (χ1n) is 12.0. The number of nitrogens with one attached hydrogen (secondary N) is 1. The van der Waals surface area contributed by atoms with Crippen LogP contribution >= 0.6 is 0 Å². The lowest BCUT2D eigenvalue weighted by atomic mass is 9.99. The second kappa shape index (κ2) is 9.49. The maximum absolute atomic E-state index is 13.3. The number of piperidine rings is 2. The molecular formula is C25H32N6O2. The number of para-hydroxylation sites is 2. The minimum atomic E-state index is -0.558. The number of rotatable bonds is 5. The van der Waals surface area contributed by atoms with Crippen molar-refractivity contribution in [2.75, 3.05) is 19.6 Å². The van der Waals surface area contributed by atoms with Gasteiger partial charge in [-0.2, -0.15) is 0 Å². The predicted octanol–water partition coefficient (Wildman–Crippen LogP) is 2.27. The summed E-state index contributed by atoms with van der Waals surface area (Å²) in [5.41, 5.74) is 9.15. The molecular weight excluding hydrogens is 416 g/mol. The molecule has 2 atom stereocenters. The highest BCUT2D eigenvalue weighted by Gasteiger charge is 2.36. The lowest BCUT2D eigenvalue weighted by Gasteiger charge is -2.46. The van der Waals surface area contributed by atoms with Gasteiger partial charge in [0.25, 0.3) is 0 Å². The number of nitrogens with two attached hydrogens (primary N) is 1. The number of carbonyl (C=O) groups is 1. The van der Waals surface area contributed by atoms with E-state index in [1.54, 1.807) is 12.4 Å². The number of benzene rings is 1. The summed E-state index contributed by atoms with van der Waals surface area (Å²) in [5, 5.41) is 0.